The quantitative estimate of drug-likeness (QED) is 0.538. The van der Waals surface area contributed by atoms with Crippen molar-refractivity contribution in [2.75, 3.05) is 11.9 Å². The van der Waals surface area contributed by atoms with Gasteiger partial charge < -0.3 is 5.32 Å². The lowest BCUT2D eigenvalue weighted by Crippen LogP contribution is -2.29. The van der Waals surface area contributed by atoms with Crippen LogP contribution < -0.4 is 5.32 Å². The first-order valence-electron chi connectivity index (χ1n) is 7.98. The molecule has 0 aromatic carbocycles. The van der Waals surface area contributed by atoms with Crippen molar-refractivity contribution in [1.82, 2.24) is 15.1 Å². The van der Waals surface area contributed by atoms with E-state index in [0.717, 1.165) is 16.3 Å². The number of hydrogen-bond acceptors (Lipinski definition) is 8. The van der Waals surface area contributed by atoms with E-state index in [0.29, 0.717) is 33.7 Å². The van der Waals surface area contributed by atoms with E-state index in [-0.39, 0.29) is 11.8 Å². The van der Waals surface area contributed by atoms with Crippen LogP contribution in [0.15, 0.2) is 22.4 Å². The van der Waals surface area contributed by atoms with Crippen molar-refractivity contribution in [3.63, 3.8) is 0 Å². The van der Waals surface area contributed by atoms with Crippen molar-refractivity contribution < 1.29 is 9.59 Å². The van der Waals surface area contributed by atoms with Crippen molar-refractivity contribution >= 4 is 74.0 Å². The van der Waals surface area contributed by atoms with Gasteiger partial charge in [0.05, 0.1) is 4.91 Å². The number of carbonyl (C=O) groups excluding carboxylic acids is 2. The van der Waals surface area contributed by atoms with E-state index in [1.165, 1.54) is 23.1 Å². The number of hydrogen-bond donors (Lipinski definition) is 1. The number of nitrogens with zero attached hydrogens (tertiary/aromatic N) is 3. The van der Waals surface area contributed by atoms with Crippen molar-refractivity contribution in [1.29, 1.82) is 0 Å². The highest BCUT2D eigenvalue weighted by molar-refractivity contribution is 8.26. The smallest absolute Gasteiger partial charge is 0.266 e. The standard InChI is InChI=1S/C16H16N4O2S4/c1-2-13-18-19-15(26-13)17-12(21)6-3-7-20-14(22)11(25-16(20)23)9-10-5-4-8-24-10/h4-5,8-9H,2-3,6-7H2,1H3,(H,17,19,21)/b11-9-. The number of aryl methyl sites for hydroxylation is 1. The summed E-state index contributed by atoms with van der Waals surface area (Å²) >= 11 is 9.56. The average Bonchev–Trinajstić information content (AvgIpc) is 3.33. The summed E-state index contributed by atoms with van der Waals surface area (Å²) in [6.07, 6.45) is 3.48. The molecule has 2 aromatic rings. The number of anilines is 1. The number of thioether (sulfide) groups is 1. The molecule has 26 heavy (non-hydrogen) atoms. The largest absolute Gasteiger partial charge is 0.301 e. The monoisotopic (exact) mass is 424 g/mol. The maximum atomic E-state index is 12.5. The molecular weight excluding hydrogens is 408 g/mol. The van der Waals surface area contributed by atoms with Crippen molar-refractivity contribution in [2.24, 2.45) is 0 Å². The average molecular weight is 425 g/mol. The van der Waals surface area contributed by atoms with Crippen LogP contribution in [0.25, 0.3) is 6.08 Å². The lowest BCUT2D eigenvalue weighted by molar-refractivity contribution is -0.122. The van der Waals surface area contributed by atoms with E-state index >= 15 is 0 Å². The summed E-state index contributed by atoms with van der Waals surface area (Å²) in [6.45, 7) is 2.41. The van der Waals surface area contributed by atoms with Crippen LogP contribution >= 0.6 is 46.7 Å². The minimum atomic E-state index is -0.136. The van der Waals surface area contributed by atoms with Gasteiger partial charge in [-0.1, -0.05) is 48.3 Å². The summed E-state index contributed by atoms with van der Waals surface area (Å²) in [4.78, 5) is 27.7. The fraction of sp³-hybridized carbons (Fsp3) is 0.312. The van der Waals surface area contributed by atoms with Gasteiger partial charge in [-0.15, -0.1) is 21.5 Å². The van der Waals surface area contributed by atoms with Gasteiger partial charge in [0.1, 0.15) is 9.33 Å². The summed E-state index contributed by atoms with van der Waals surface area (Å²) in [5, 5.41) is 14.0. The molecular formula is C16H16N4O2S4. The van der Waals surface area contributed by atoms with E-state index in [1.54, 1.807) is 16.2 Å². The third-order valence-corrected chi connectivity index (χ3v) is 6.67. The van der Waals surface area contributed by atoms with Crippen molar-refractivity contribution in [3.8, 4) is 0 Å². The highest BCUT2D eigenvalue weighted by Gasteiger charge is 2.31. The summed E-state index contributed by atoms with van der Waals surface area (Å²) in [7, 11) is 0. The second-order valence-corrected chi connectivity index (χ2v) is 9.07. The number of aromatic nitrogens is 2. The first kappa shape index (κ1) is 19.2. The molecule has 0 atom stereocenters. The highest BCUT2D eigenvalue weighted by Crippen LogP contribution is 2.33. The van der Waals surface area contributed by atoms with Gasteiger partial charge in [-0.25, -0.2) is 0 Å². The molecule has 1 fully saturated rings. The molecule has 3 heterocycles. The number of thiocarbonyl (C=S) groups is 1. The zero-order valence-electron chi connectivity index (χ0n) is 13.9. The first-order valence-corrected chi connectivity index (χ1v) is 10.9. The molecule has 0 unspecified atom stereocenters. The first-order chi connectivity index (χ1) is 12.6. The Labute approximate surface area is 168 Å². The lowest BCUT2D eigenvalue weighted by Gasteiger charge is -2.13. The molecule has 0 radical (unpaired) electrons. The van der Waals surface area contributed by atoms with E-state index in [1.807, 2.05) is 30.5 Å². The van der Waals surface area contributed by atoms with E-state index in [4.69, 9.17) is 12.2 Å². The van der Waals surface area contributed by atoms with Crippen LogP contribution in [-0.2, 0) is 16.0 Å². The molecule has 1 saturated heterocycles. The summed E-state index contributed by atoms with van der Waals surface area (Å²) in [5.74, 6) is -0.228. The van der Waals surface area contributed by atoms with Crippen LogP contribution in [0.4, 0.5) is 5.13 Å². The Morgan fingerprint density at radius 1 is 1.42 bits per heavy atom. The zero-order valence-corrected chi connectivity index (χ0v) is 17.2. The molecule has 0 spiro atoms. The molecule has 3 rings (SSSR count). The lowest BCUT2D eigenvalue weighted by atomic mass is 10.2. The fourth-order valence-corrected chi connectivity index (χ4v) is 4.95. The van der Waals surface area contributed by atoms with Crippen LogP contribution in [-0.4, -0.2) is 37.8 Å². The molecule has 1 aliphatic rings. The van der Waals surface area contributed by atoms with Gasteiger partial charge in [0, 0.05) is 17.8 Å². The molecule has 2 aromatic heterocycles. The highest BCUT2D eigenvalue weighted by atomic mass is 32.2. The number of rotatable bonds is 7. The molecule has 1 N–H and O–H groups in total. The Balaban J connectivity index is 1.49. The fourth-order valence-electron chi connectivity index (χ4n) is 2.22. The number of thiophene rings is 1. The number of carbonyl (C=O) groups is 2. The van der Waals surface area contributed by atoms with Gasteiger partial charge in [-0.2, -0.15) is 0 Å². The SMILES string of the molecule is CCc1nnc(NC(=O)CCCN2C(=O)/C(=C/c3cccs3)SC2=S)s1. The third kappa shape index (κ3) is 4.76. The summed E-state index contributed by atoms with van der Waals surface area (Å²) in [6, 6.07) is 3.90. The third-order valence-electron chi connectivity index (χ3n) is 3.49. The number of amides is 2. The molecule has 0 aliphatic carbocycles. The molecule has 0 bridgehead atoms. The van der Waals surface area contributed by atoms with Gasteiger partial charge in [0.15, 0.2) is 0 Å². The van der Waals surface area contributed by atoms with Gasteiger partial charge in [0.25, 0.3) is 5.91 Å². The zero-order chi connectivity index (χ0) is 18.5. The summed E-state index contributed by atoms with van der Waals surface area (Å²) < 4.78 is 0.537. The molecule has 2 amide bonds. The Morgan fingerprint density at radius 3 is 2.96 bits per heavy atom. The van der Waals surface area contributed by atoms with Crippen molar-refractivity contribution in [2.45, 2.75) is 26.2 Å². The van der Waals surface area contributed by atoms with Crippen LogP contribution in [0.3, 0.4) is 0 Å². The second-order valence-electron chi connectivity index (χ2n) is 5.36. The van der Waals surface area contributed by atoms with Gasteiger partial charge in [0.2, 0.25) is 11.0 Å². The Morgan fingerprint density at radius 2 is 2.27 bits per heavy atom. The second kappa shape index (κ2) is 8.85. The normalized spacial score (nSPS) is 15.9. The molecule has 10 heteroatoms. The predicted molar refractivity (Wildman–Crippen MR) is 111 cm³/mol. The Hall–Kier alpha value is -1.62. The van der Waals surface area contributed by atoms with E-state index in [9.17, 15) is 9.59 Å². The predicted octanol–water partition coefficient (Wildman–Crippen LogP) is 3.78. The molecule has 6 nitrogen and oxygen atoms in total. The molecule has 0 saturated carbocycles. The Kier molecular flexibility index (Phi) is 6.52. The van der Waals surface area contributed by atoms with Gasteiger partial charge >= 0.3 is 0 Å². The minimum Gasteiger partial charge on any atom is -0.301 e. The van der Waals surface area contributed by atoms with Gasteiger partial charge in [-0.3, -0.25) is 14.5 Å². The number of nitrogens with one attached hydrogen (secondary N) is 1. The molecule has 136 valence electrons. The van der Waals surface area contributed by atoms with Crippen LogP contribution in [0.1, 0.15) is 29.7 Å². The minimum absolute atomic E-state index is 0.0921. The maximum Gasteiger partial charge on any atom is 0.266 e. The van der Waals surface area contributed by atoms with Gasteiger partial charge in [-0.05, 0) is 30.4 Å². The van der Waals surface area contributed by atoms with Crippen LogP contribution in [0, 0.1) is 0 Å². The summed E-state index contributed by atoms with van der Waals surface area (Å²) in [5.41, 5.74) is 0. The Bertz CT molecular complexity index is 844. The topological polar surface area (TPSA) is 75.2 Å². The van der Waals surface area contributed by atoms with Crippen molar-refractivity contribution in [3.05, 3.63) is 32.3 Å². The molecule has 1 aliphatic heterocycles. The van der Waals surface area contributed by atoms with E-state index < -0.39 is 0 Å². The van der Waals surface area contributed by atoms with Crippen LogP contribution in [0.5, 0.6) is 0 Å². The van der Waals surface area contributed by atoms with Crippen LogP contribution in [0.2, 0.25) is 0 Å². The maximum absolute atomic E-state index is 12.5. The van der Waals surface area contributed by atoms with E-state index in [2.05, 4.69) is 15.5 Å².